The van der Waals surface area contributed by atoms with Crippen molar-refractivity contribution < 1.29 is 9.53 Å². The molecule has 0 spiro atoms. The fraction of sp³-hybridized carbons (Fsp3) is 0.286. The molecule has 0 fully saturated rings. The number of aryl methyl sites for hydroxylation is 1. The van der Waals surface area contributed by atoms with Gasteiger partial charge in [0.15, 0.2) is 0 Å². The summed E-state index contributed by atoms with van der Waals surface area (Å²) < 4.78 is 5.53. The summed E-state index contributed by atoms with van der Waals surface area (Å²) in [6, 6.07) is 1.70. The molecule has 2 heterocycles. The van der Waals surface area contributed by atoms with E-state index in [4.69, 9.17) is 16.3 Å². The molecule has 2 aromatic rings. The number of nitrogens with zero attached hydrogens (tertiary/aromatic N) is 1. The molecule has 0 atom stereocenters. The fourth-order valence-electron chi connectivity index (χ4n) is 1.59. The highest BCUT2D eigenvalue weighted by Gasteiger charge is 2.17. The maximum absolute atomic E-state index is 12.3. The molecule has 0 unspecified atom stereocenters. The van der Waals surface area contributed by atoms with Crippen LogP contribution in [0.15, 0.2) is 23.8 Å². The van der Waals surface area contributed by atoms with E-state index in [1.165, 1.54) is 17.5 Å². The van der Waals surface area contributed by atoms with E-state index in [0.29, 0.717) is 21.2 Å². The minimum Gasteiger partial charge on any atom is -0.489 e. The minimum absolute atomic E-state index is 0.0414. The third-order valence-corrected chi connectivity index (χ3v) is 4.15. The van der Waals surface area contributed by atoms with E-state index >= 15 is 0 Å². The molecule has 0 amide bonds. The monoisotopic (exact) mass is 295 g/mol. The smallest absolute Gasteiger partial charge is 0.206 e. The van der Waals surface area contributed by atoms with E-state index < -0.39 is 0 Å². The van der Waals surface area contributed by atoms with Gasteiger partial charge in [0.1, 0.15) is 5.75 Å². The van der Waals surface area contributed by atoms with Gasteiger partial charge in [0, 0.05) is 11.8 Å². The van der Waals surface area contributed by atoms with Gasteiger partial charge in [-0.2, -0.15) is 0 Å². The summed E-state index contributed by atoms with van der Waals surface area (Å²) in [4.78, 5) is 16.9. The third-order valence-electron chi connectivity index (χ3n) is 2.45. The van der Waals surface area contributed by atoms with Crippen molar-refractivity contribution in [2.75, 3.05) is 0 Å². The quantitative estimate of drug-likeness (QED) is 0.796. The molecule has 100 valence electrons. The van der Waals surface area contributed by atoms with Gasteiger partial charge in [0.05, 0.1) is 22.2 Å². The van der Waals surface area contributed by atoms with E-state index in [9.17, 15) is 4.79 Å². The highest BCUT2D eigenvalue weighted by atomic mass is 35.5. The second-order valence-corrected chi connectivity index (χ2v) is 5.72. The molecule has 0 aromatic carbocycles. The van der Waals surface area contributed by atoms with Crippen molar-refractivity contribution in [3.8, 4) is 5.75 Å². The number of aromatic nitrogens is 1. The molecule has 0 radical (unpaired) electrons. The summed E-state index contributed by atoms with van der Waals surface area (Å²) in [5, 5.41) is 2.39. The first-order valence-corrected chi connectivity index (χ1v) is 7.14. The van der Waals surface area contributed by atoms with Gasteiger partial charge in [-0.1, -0.05) is 11.6 Å². The summed E-state index contributed by atoms with van der Waals surface area (Å²) in [6.45, 7) is 5.73. The number of carbonyl (C=O) groups is 1. The number of pyridine rings is 1. The lowest BCUT2D eigenvalue weighted by Gasteiger charge is -2.09. The van der Waals surface area contributed by atoms with Crippen LogP contribution in [0.2, 0.25) is 5.02 Å². The normalized spacial score (nSPS) is 10.8. The number of ether oxygens (including phenoxy) is 1. The zero-order valence-electron chi connectivity index (χ0n) is 10.9. The predicted molar refractivity (Wildman–Crippen MR) is 77.5 cm³/mol. The number of hydrogen-bond donors (Lipinski definition) is 0. The lowest BCUT2D eigenvalue weighted by Crippen LogP contribution is -2.07. The minimum atomic E-state index is -0.121. The molecule has 0 aliphatic rings. The van der Waals surface area contributed by atoms with Crippen LogP contribution in [0.4, 0.5) is 0 Å². The average molecular weight is 296 g/mol. The number of rotatable bonds is 4. The van der Waals surface area contributed by atoms with Gasteiger partial charge in [-0.3, -0.25) is 9.78 Å². The molecular weight excluding hydrogens is 282 g/mol. The molecule has 3 nitrogen and oxygen atoms in total. The highest BCUT2D eigenvalue weighted by Crippen LogP contribution is 2.29. The number of halogens is 1. The first-order chi connectivity index (χ1) is 8.99. The zero-order chi connectivity index (χ0) is 14.0. The maximum atomic E-state index is 12.3. The number of thiophene rings is 1. The summed E-state index contributed by atoms with van der Waals surface area (Å²) in [7, 11) is 0. The maximum Gasteiger partial charge on any atom is 0.206 e. The van der Waals surface area contributed by atoms with Crippen molar-refractivity contribution in [2.24, 2.45) is 0 Å². The first kappa shape index (κ1) is 14.0. The van der Waals surface area contributed by atoms with E-state index in [0.717, 1.165) is 5.56 Å². The lowest BCUT2D eigenvalue weighted by atomic mass is 10.1. The van der Waals surface area contributed by atoms with Crippen LogP contribution in [0.25, 0.3) is 0 Å². The van der Waals surface area contributed by atoms with Gasteiger partial charge in [0.25, 0.3) is 0 Å². The Hall–Kier alpha value is -1.39. The average Bonchev–Trinajstić information content (AvgIpc) is 2.69. The molecule has 2 rings (SSSR count). The molecule has 0 bridgehead atoms. The molecule has 0 aliphatic carbocycles. The third kappa shape index (κ3) is 3.14. The van der Waals surface area contributed by atoms with Gasteiger partial charge in [-0.05, 0) is 37.8 Å². The second-order valence-electron chi connectivity index (χ2n) is 4.47. The Labute approximate surface area is 121 Å². The summed E-state index contributed by atoms with van der Waals surface area (Å²) in [6.07, 6.45) is 3.17. The zero-order valence-corrected chi connectivity index (χ0v) is 12.5. The van der Waals surface area contributed by atoms with Crippen LogP contribution in [0.3, 0.4) is 0 Å². The van der Waals surface area contributed by atoms with Crippen LogP contribution in [0, 0.1) is 6.92 Å². The van der Waals surface area contributed by atoms with Crippen molar-refractivity contribution in [2.45, 2.75) is 26.9 Å². The molecule has 5 heteroatoms. The topological polar surface area (TPSA) is 39.2 Å². The van der Waals surface area contributed by atoms with Crippen LogP contribution in [0.5, 0.6) is 5.75 Å². The van der Waals surface area contributed by atoms with Gasteiger partial charge in [0.2, 0.25) is 5.78 Å². The standard InChI is InChI=1S/C14H14ClNO2S/c1-8(2)18-11-4-10(5-16-6-11)13(17)14-12(15)9(3)7-19-14/h4-8H,1-3H3. The molecule has 19 heavy (non-hydrogen) atoms. The first-order valence-electron chi connectivity index (χ1n) is 5.89. The fourth-order valence-corrected chi connectivity index (χ4v) is 2.83. The van der Waals surface area contributed by atoms with Gasteiger partial charge < -0.3 is 4.74 Å². The highest BCUT2D eigenvalue weighted by molar-refractivity contribution is 7.13. The molecular formula is C14H14ClNO2S. The molecule has 0 saturated heterocycles. The van der Waals surface area contributed by atoms with Crippen LogP contribution < -0.4 is 4.74 Å². The Morgan fingerprint density at radius 3 is 2.74 bits per heavy atom. The summed E-state index contributed by atoms with van der Waals surface area (Å²) in [5.41, 5.74) is 1.40. The number of carbonyl (C=O) groups excluding carboxylic acids is 1. The van der Waals surface area contributed by atoms with Gasteiger partial charge >= 0.3 is 0 Å². The largest absolute Gasteiger partial charge is 0.489 e. The second kappa shape index (κ2) is 5.72. The van der Waals surface area contributed by atoms with E-state index in [1.807, 2.05) is 26.2 Å². The predicted octanol–water partition coefficient (Wildman–Crippen LogP) is 4.12. The Morgan fingerprint density at radius 2 is 2.16 bits per heavy atom. The Bertz CT molecular complexity index is 607. The van der Waals surface area contributed by atoms with E-state index in [1.54, 1.807) is 12.3 Å². The number of hydrogen-bond acceptors (Lipinski definition) is 4. The van der Waals surface area contributed by atoms with Crippen molar-refractivity contribution in [3.05, 3.63) is 44.9 Å². The Morgan fingerprint density at radius 1 is 1.42 bits per heavy atom. The molecule has 2 aromatic heterocycles. The van der Waals surface area contributed by atoms with Crippen LogP contribution in [-0.2, 0) is 0 Å². The summed E-state index contributed by atoms with van der Waals surface area (Å²) >= 11 is 7.46. The molecule has 0 aliphatic heterocycles. The van der Waals surface area contributed by atoms with Gasteiger partial charge in [-0.25, -0.2) is 0 Å². The summed E-state index contributed by atoms with van der Waals surface area (Å²) in [5.74, 6) is 0.468. The van der Waals surface area contributed by atoms with Crippen molar-refractivity contribution in [1.82, 2.24) is 4.98 Å². The van der Waals surface area contributed by atoms with E-state index in [-0.39, 0.29) is 11.9 Å². The Balaban J connectivity index is 2.31. The Kier molecular flexibility index (Phi) is 4.22. The lowest BCUT2D eigenvalue weighted by molar-refractivity contribution is 0.104. The molecule has 0 N–H and O–H groups in total. The molecule has 0 saturated carbocycles. The SMILES string of the molecule is Cc1csc(C(=O)c2cncc(OC(C)C)c2)c1Cl. The van der Waals surface area contributed by atoms with Gasteiger partial charge in [-0.15, -0.1) is 11.3 Å². The van der Waals surface area contributed by atoms with E-state index in [2.05, 4.69) is 4.98 Å². The van der Waals surface area contributed by atoms with Crippen LogP contribution >= 0.6 is 22.9 Å². The van der Waals surface area contributed by atoms with Crippen molar-refractivity contribution in [3.63, 3.8) is 0 Å². The number of ketones is 1. The van der Waals surface area contributed by atoms with Crippen molar-refractivity contribution >= 4 is 28.7 Å². The van der Waals surface area contributed by atoms with Crippen LogP contribution in [-0.4, -0.2) is 16.9 Å². The van der Waals surface area contributed by atoms with Crippen molar-refractivity contribution in [1.29, 1.82) is 0 Å². The van der Waals surface area contributed by atoms with Crippen LogP contribution in [0.1, 0.15) is 34.6 Å².